The highest BCUT2D eigenvalue weighted by Gasteiger charge is 2.52. The van der Waals surface area contributed by atoms with Gasteiger partial charge in [0.05, 0.1) is 0 Å². The maximum atomic E-state index is 12.1. The standard InChI is InChI=1S/C5HF3N4O3S/c6-5(7,8)16(15)3-2(1-9)10-11-4(3)12(13)14/h(H,10,11). The summed E-state index contributed by atoms with van der Waals surface area (Å²) in [5.41, 5.74) is -6.11. The van der Waals surface area contributed by atoms with Gasteiger partial charge in [0.1, 0.15) is 17.2 Å². The van der Waals surface area contributed by atoms with Crippen molar-refractivity contribution in [1.29, 1.82) is 5.26 Å². The number of nitro groups is 1. The second-order valence-corrected chi connectivity index (χ2v) is 3.74. The Hall–Kier alpha value is -1.80. The average Bonchev–Trinajstić information content (AvgIpc) is 2.57. The zero-order valence-electron chi connectivity index (χ0n) is 7.11. The first-order chi connectivity index (χ1) is 7.29. The maximum absolute atomic E-state index is 12.1. The maximum Gasteiger partial charge on any atom is 0.578 e. The second-order valence-electron chi connectivity index (χ2n) is 2.33. The topological polar surface area (TPSA) is 119 Å². The molecule has 0 aliphatic heterocycles. The molecular formula is C5HF3N4O3S. The molecule has 1 aromatic heterocycles. The Morgan fingerprint density at radius 3 is 2.50 bits per heavy atom. The molecule has 0 aromatic carbocycles. The summed E-state index contributed by atoms with van der Waals surface area (Å²) in [7, 11) is 0. The monoisotopic (exact) mass is 254 g/mol. The zero-order valence-corrected chi connectivity index (χ0v) is 7.93. The fraction of sp³-hybridized carbons (Fsp3) is 0.200. The van der Waals surface area contributed by atoms with E-state index in [4.69, 9.17) is 5.26 Å². The van der Waals surface area contributed by atoms with Gasteiger partial charge < -0.3 is 14.7 Å². The Kier molecular flexibility index (Phi) is 3.06. The van der Waals surface area contributed by atoms with Crippen molar-refractivity contribution in [2.45, 2.75) is 10.4 Å². The smallest absolute Gasteiger partial charge is 0.578 e. The lowest BCUT2D eigenvalue weighted by Gasteiger charge is -2.09. The van der Waals surface area contributed by atoms with E-state index >= 15 is 0 Å². The van der Waals surface area contributed by atoms with E-state index < -0.39 is 38.0 Å². The number of nitriles is 1. The molecule has 1 atom stereocenters. The summed E-state index contributed by atoms with van der Waals surface area (Å²) >= 11 is -3.67. The van der Waals surface area contributed by atoms with Gasteiger partial charge in [-0.05, 0) is 4.92 Å². The SMILES string of the molecule is N#Cc1n[nH]c([N+](=O)[O-])c1[S+]([O-])C(F)(F)F. The molecule has 11 heteroatoms. The van der Waals surface area contributed by atoms with Crippen molar-refractivity contribution in [3.05, 3.63) is 15.8 Å². The molecule has 1 unspecified atom stereocenters. The van der Waals surface area contributed by atoms with E-state index in [1.165, 1.54) is 6.07 Å². The van der Waals surface area contributed by atoms with Crippen LogP contribution in [0.5, 0.6) is 0 Å². The molecule has 0 saturated carbocycles. The molecule has 1 aromatic rings. The molecule has 0 amide bonds. The van der Waals surface area contributed by atoms with Crippen molar-refractivity contribution in [3.63, 3.8) is 0 Å². The fourth-order valence-electron chi connectivity index (χ4n) is 0.813. The van der Waals surface area contributed by atoms with Gasteiger partial charge in [-0.2, -0.15) is 5.26 Å². The summed E-state index contributed by atoms with van der Waals surface area (Å²) < 4.78 is 47.2. The number of nitrogens with one attached hydrogen (secondary N) is 1. The number of rotatable bonds is 2. The van der Waals surface area contributed by atoms with Crippen molar-refractivity contribution < 1.29 is 22.6 Å². The van der Waals surface area contributed by atoms with Crippen LogP contribution in [0.15, 0.2) is 4.90 Å². The molecule has 0 spiro atoms. The number of nitrogens with zero attached hydrogens (tertiary/aromatic N) is 3. The second kappa shape index (κ2) is 3.99. The zero-order chi connectivity index (χ0) is 12.5. The van der Waals surface area contributed by atoms with E-state index in [1.54, 1.807) is 5.10 Å². The van der Waals surface area contributed by atoms with Crippen LogP contribution in [0.2, 0.25) is 0 Å². The number of H-pyrrole nitrogens is 1. The minimum atomic E-state index is -5.19. The van der Waals surface area contributed by atoms with Gasteiger partial charge in [-0.15, -0.1) is 18.3 Å². The third-order valence-electron chi connectivity index (χ3n) is 1.39. The van der Waals surface area contributed by atoms with E-state index in [1.807, 2.05) is 0 Å². The van der Waals surface area contributed by atoms with Crippen LogP contribution in [0, 0.1) is 21.4 Å². The Morgan fingerprint density at radius 2 is 2.12 bits per heavy atom. The van der Waals surface area contributed by atoms with E-state index in [0.717, 1.165) is 0 Å². The van der Waals surface area contributed by atoms with Crippen molar-refractivity contribution in [1.82, 2.24) is 10.2 Å². The first-order valence-electron chi connectivity index (χ1n) is 3.40. The molecule has 0 aliphatic carbocycles. The van der Waals surface area contributed by atoms with Gasteiger partial charge in [0.25, 0.3) is 4.90 Å². The van der Waals surface area contributed by atoms with Gasteiger partial charge in [-0.25, -0.2) is 0 Å². The van der Waals surface area contributed by atoms with E-state index in [0.29, 0.717) is 0 Å². The Balaban J connectivity index is 3.36. The molecule has 1 N–H and O–H groups in total. The number of aromatic amines is 1. The molecule has 1 rings (SSSR count). The molecule has 0 radical (unpaired) electrons. The van der Waals surface area contributed by atoms with Crippen LogP contribution in [0.3, 0.4) is 0 Å². The first kappa shape index (κ1) is 12.3. The summed E-state index contributed by atoms with van der Waals surface area (Å²) in [5, 5.41) is 23.3. The minimum Gasteiger partial charge on any atom is -0.604 e. The summed E-state index contributed by atoms with van der Waals surface area (Å²) in [4.78, 5) is 7.81. The molecular weight excluding hydrogens is 253 g/mol. The van der Waals surface area contributed by atoms with Crippen LogP contribution in [0.1, 0.15) is 5.69 Å². The van der Waals surface area contributed by atoms with Crippen LogP contribution in [0.25, 0.3) is 0 Å². The van der Waals surface area contributed by atoms with Crippen molar-refractivity contribution in [2.24, 2.45) is 0 Å². The number of hydrogen-bond donors (Lipinski definition) is 1. The summed E-state index contributed by atoms with van der Waals surface area (Å²) in [5.74, 6) is -1.20. The van der Waals surface area contributed by atoms with Crippen molar-refractivity contribution >= 4 is 17.0 Å². The molecule has 0 bridgehead atoms. The van der Waals surface area contributed by atoms with Crippen LogP contribution >= 0.6 is 0 Å². The van der Waals surface area contributed by atoms with Crippen molar-refractivity contribution in [3.8, 4) is 6.07 Å². The first-order valence-corrected chi connectivity index (χ1v) is 4.55. The Labute approximate surface area is 88.2 Å². The Morgan fingerprint density at radius 1 is 1.56 bits per heavy atom. The van der Waals surface area contributed by atoms with Crippen LogP contribution in [-0.4, -0.2) is 25.2 Å². The van der Waals surface area contributed by atoms with Gasteiger partial charge in [0.15, 0.2) is 0 Å². The fourth-order valence-corrected chi connectivity index (χ4v) is 1.61. The molecule has 0 fully saturated rings. The predicted molar refractivity (Wildman–Crippen MR) is 42.4 cm³/mol. The molecule has 86 valence electrons. The van der Waals surface area contributed by atoms with Gasteiger partial charge in [-0.3, -0.25) is 0 Å². The lowest BCUT2D eigenvalue weighted by Crippen LogP contribution is -2.24. The molecule has 1 heterocycles. The van der Waals surface area contributed by atoms with Crippen LogP contribution < -0.4 is 0 Å². The number of aromatic nitrogens is 2. The molecule has 0 saturated heterocycles. The highest BCUT2D eigenvalue weighted by atomic mass is 32.2. The lowest BCUT2D eigenvalue weighted by atomic mass is 10.4. The van der Waals surface area contributed by atoms with Crippen LogP contribution in [-0.2, 0) is 11.2 Å². The van der Waals surface area contributed by atoms with Gasteiger partial charge >= 0.3 is 11.3 Å². The van der Waals surface area contributed by atoms with Crippen LogP contribution in [0.4, 0.5) is 19.0 Å². The predicted octanol–water partition coefficient (Wildman–Crippen LogP) is 0.817. The highest BCUT2D eigenvalue weighted by molar-refractivity contribution is 7.92. The third-order valence-corrected chi connectivity index (χ3v) is 2.57. The average molecular weight is 254 g/mol. The molecule has 0 aliphatic rings. The third kappa shape index (κ3) is 2.07. The number of halogens is 3. The normalized spacial score (nSPS) is 13.2. The number of alkyl halides is 3. The highest BCUT2D eigenvalue weighted by Crippen LogP contribution is 2.35. The van der Waals surface area contributed by atoms with E-state index in [-0.39, 0.29) is 0 Å². The lowest BCUT2D eigenvalue weighted by molar-refractivity contribution is -0.392. The van der Waals surface area contributed by atoms with Crippen molar-refractivity contribution in [2.75, 3.05) is 0 Å². The van der Waals surface area contributed by atoms with Gasteiger partial charge in [-0.1, -0.05) is 5.10 Å². The largest absolute Gasteiger partial charge is 0.604 e. The number of hydrogen-bond acceptors (Lipinski definition) is 5. The molecule has 7 nitrogen and oxygen atoms in total. The molecule has 16 heavy (non-hydrogen) atoms. The summed E-state index contributed by atoms with van der Waals surface area (Å²) in [6.07, 6.45) is 0. The summed E-state index contributed by atoms with van der Waals surface area (Å²) in [6, 6.07) is 1.18. The minimum absolute atomic E-state index is 0.914. The van der Waals surface area contributed by atoms with E-state index in [9.17, 15) is 27.8 Å². The van der Waals surface area contributed by atoms with E-state index in [2.05, 4.69) is 5.10 Å². The Bertz CT molecular complexity index is 464. The van der Waals surface area contributed by atoms with Gasteiger partial charge in [0, 0.05) is 0 Å². The van der Waals surface area contributed by atoms with Gasteiger partial charge in [0.2, 0.25) is 5.69 Å². The summed E-state index contributed by atoms with van der Waals surface area (Å²) in [6.45, 7) is 0. The quantitative estimate of drug-likeness (QED) is 0.476.